The lowest BCUT2D eigenvalue weighted by atomic mass is 10.1. The molecule has 27 heavy (non-hydrogen) atoms. The topological polar surface area (TPSA) is 68.5 Å². The Morgan fingerprint density at radius 3 is 2.89 bits per heavy atom. The smallest absolute Gasteiger partial charge is 0.232 e. The van der Waals surface area contributed by atoms with Crippen LogP contribution in [0.3, 0.4) is 0 Å². The van der Waals surface area contributed by atoms with Crippen molar-refractivity contribution >= 4 is 23.2 Å². The van der Waals surface area contributed by atoms with Crippen LogP contribution in [0.5, 0.6) is 5.75 Å². The minimum atomic E-state index is -0.433. The van der Waals surface area contributed by atoms with Gasteiger partial charge >= 0.3 is 0 Å². The van der Waals surface area contributed by atoms with Crippen LogP contribution in [0.2, 0.25) is 5.02 Å². The Morgan fingerprint density at radius 2 is 2.11 bits per heavy atom. The number of halogens is 2. The lowest BCUT2D eigenvalue weighted by Crippen LogP contribution is -2.24. The molecule has 1 amide bonds. The molecule has 2 heterocycles. The van der Waals surface area contributed by atoms with E-state index in [-0.39, 0.29) is 29.6 Å². The maximum absolute atomic E-state index is 13.9. The van der Waals surface area contributed by atoms with Crippen molar-refractivity contribution < 1.29 is 18.4 Å². The molecular formula is C19H15ClFN3O3. The van der Waals surface area contributed by atoms with Gasteiger partial charge in [0, 0.05) is 18.0 Å². The molecule has 1 unspecified atom stereocenters. The van der Waals surface area contributed by atoms with Gasteiger partial charge in [0.15, 0.2) is 0 Å². The number of benzene rings is 2. The Bertz CT molecular complexity index is 1010. The number of hydrogen-bond donors (Lipinski definition) is 0. The van der Waals surface area contributed by atoms with Gasteiger partial charge in [0.2, 0.25) is 17.6 Å². The van der Waals surface area contributed by atoms with Crippen molar-refractivity contribution in [2.45, 2.75) is 12.3 Å². The van der Waals surface area contributed by atoms with E-state index in [1.807, 2.05) is 0 Å². The summed E-state index contributed by atoms with van der Waals surface area (Å²) in [5, 5.41) is 4.36. The van der Waals surface area contributed by atoms with E-state index in [1.165, 1.54) is 13.2 Å². The molecule has 4 rings (SSSR count). The van der Waals surface area contributed by atoms with Crippen molar-refractivity contribution in [1.29, 1.82) is 0 Å². The minimum Gasteiger partial charge on any atom is -0.495 e. The van der Waals surface area contributed by atoms with Crippen LogP contribution in [-0.2, 0) is 4.79 Å². The van der Waals surface area contributed by atoms with Crippen molar-refractivity contribution in [3.63, 3.8) is 0 Å². The van der Waals surface area contributed by atoms with E-state index in [4.69, 9.17) is 20.9 Å². The minimum absolute atomic E-state index is 0.105. The molecule has 0 saturated carbocycles. The van der Waals surface area contributed by atoms with Crippen LogP contribution in [0.4, 0.5) is 10.1 Å². The van der Waals surface area contributed by atoms with E-state index in [0.717, 1.165) is 0 Å². The molecule has 1 aliphatic rings. The molecule has 8 heteroatoms. The Morgan fingerprint density at radius 1 is 1.30 bits per heavy atom. The summed E-state index contributed by atoms with van der Waals surface area (Å²) in [4.78, 5) is 18.4. The monoisotopic (exact) mass is 387 g/mol. The Labute approximate surface area is 159 Å². The molecule has 1 saturated heterocycles. The van der Waals surface area contributed by atoms with Crippen molar-refractivity contribution in [2.24, 2.45) is 0 Å². The van der Waals surface area contributed by atoms with Crippen LogP contribution in [0, 0.1) is 5.82 Å². The number of rotatable bonds is 4. The normalized spacial score (nSPS) is 16.8. The SMILES string of the molecule is COc1ccc(Cl)cc1N1CC(c2nc(-c3ccccc3F)no2)CC1=O. The first-order valence-corrected chi connectivity index (χ1v) is 8.67. The number of nitrogens with zero attached hydrogens (tertiary/aromatic N) is 3. The molecule has 1 aliphatic heterocycles. The second kappa shape index (κ2) is 7.00. The van der Waals surface area contributed by atoms with E-state index in [9.17, 15) is 9.18 Å². The van der Waals surface area contributed by atoms with Crippen LogP contribution in [0.25, 0.3) is 11.4 Å². The van der Waals surface area contributed by atoms with Crippen LogP contribution < -0.4 is 9.64 Å². The predicted octanol–water partition coefficient (Wildman–Crippen LogP) is 4.06. The highest BCUT2D eigenvalue weighted by Crippen LogP contribution is 2.38. The van der Waals surface area contributed by atoms with Crippen LogP contribution in [0.15, 0.2) is 47.0 Å². The number of amides is 1. The highest BCUT2D eigenvalue weighted by molar-refractivity contribution is 6.31. The zero-order valence-corrected chi connectivity index (χ0v) is 15.1. The van der Waals surface area contributed by atoms with E-state index >= 15 is 0 Å². The first-order valence-electron chi connectivity index (χ1n) is 8.29. The lowest BCUT2D eigenvalue weighted by molar-refractivity contribution is -0.117. The van der Waals surface area contributed by atoms with Gasteiger partial charge in [0.05, 0.1) is 24.3 Å². The second-order valence-electron chi connectivity index (χ2n) is 6.16. The number of ether oxygens (including phenoxy) is 1. The average molecular weight is 388 g/mol. The first kappa shape index (κ1) is 17.5. The molecule has 0 radical (unpaired) electrons. The molecule has 0 N–H and O–H groups in total. The standard InChI is InChI=1S/C19H15ClFN3O3/c1-26-16-7-6-12(20)9-15(16)24-10-11(8-17(24)25)19-22-18(23-27-19)13-4-2-3-5-14(13)21/h2-7,9,11H,8,10H2,1H3. The third-order valence-electron chi connectivity index (χ3n) is 4.46. The molecule has 0 spiro atoms. The number of carbonyl (C=O) groups is 1. The average Bonchev–Trinajstić information content (AvgIpc) is 3.29. The van der Waals surface area contributed by atoms with E-state index in [1.54, 1.807) is 41.3 Å². The predicted molar refractivity (Wildman–Crippen MR) is 97.4 cm³/mol. The molecule has 0 aliphatic carbocycles. The quantitative estimate of drug-likeness (QED) is 0.675. The highest BCUT2D eigenvalue weighted by Gasteiger charge is 2.36. The zero-order chi connectivity index (χ0) is 19.0. The molecule has 2 aromatic carbocycles. The van der Waals surface area contributed by atoms with Crippen molar-refractivity contribution in [2.75, 3.05) is 18.6 Å². The van der Waals surface area contributed by atoms with Crippen LogP contribution in [0.1, 0.15) is 18.2 Å². The zero-order valence-electron chi connectivity index (χ0n) is 14.4. The third-order valence-corrected chi connectivity index (χ3v) is 4.70. The Balaban J connectivity index is 1.60. The van der Waals surface area contributed by atoms with E-state index in [2.05, 4.69) is 10.1 Å². The summed E-state index contributed by atoms with van der Waals surface area (Å²) in [6.45, 7) is 0.342. The van der Waals surface area contributed by atoms with Gasteiger partial charge in [0.1, 0.15) is 11.6 Å². The summed E-state index contributed by atoms with van der Waals surface area (Å²) >= 11 is 6.07. The summed E-state index contributed by atoms with van der Waals surface area (Å²) in [5.41, 5.74) is 0.844. The summed E-state index contributed by atoms with van der Waals surface area (Å²) in [6.07, 6.45) is 0.203. The van der Waals surface area contributed by atoms with Gasteiger partial charge in [-0.1, -0.05) is 28.9 Å². The molecule has 3 aromatic rings. The fraction of sp³-hybridized carbons (Fsp3) is 0.211. The molecular weight excluding hydrogens is 373 g/mol. The molecule has 0 bridgehead atoms. The summed E-state index contributed by atoms with van der Waals surface area (Å²) in [6, 6.07) is 11.3. The number of methoxy groups -OCH3 is 1. The third kappa shape index (κ3) is 3.26. The van der Waals surface area contributed by atoms with Crippen LogP contribution in [-0.4, -0.2) is 29.7 Å². The summed E-state index contributed by atoms with van der Waals surface area (Å²) in [7, 11) is 1.53. The second-order valence-corrected chi connectivity index (χ2v) is 6.59. The molecule has 1 atom stereocenters. The maximum Gasteiger partial charge on any atom is 0.232 e. The van der Waals surface area contributed by atoms with Gasteiger partial charge < -0.3 is 14.2 Å². The number of hydrogen-bond acceptors (Lipinski definition) is 5. The fourth-order valence-electron chi connectivity index (χ4n) is 3.13. The lowest BCUT2D eigenvalue weighted by Gasteiger charge is -2.19. The maximum atomic E-state index is 13.9. The van der Waals surface area contributed by atoms with Gasteiger partial charge in [-0.05, 0) is 30.3 Å². The number of aromatic nitrogens is 2. The van der Waals surface area contributed by atoms with Gasteiger partial charge in [0.25, 0.3) is 0 Å². The summed E-state index contributed by atoms with van der Waals surface area (Å²) < 4.78 is 24.6. The first-order chi connectivity index (χ1) is 13.1. The van der Waals surface area contributed by atoms with E-state index < -0.39 is 5.82 Å². The van der Waals surface area contributed by atoms with E-state index in [0.29, 0.717) is 28.9 Å². The van der Waals surface area contributed by atoms with Gasteiger partial charge in [-0.25, -0.2) is 4.39 Å². The molecule has 6 nitrogen and oxygen atoms in total. The Kier molecular flexibility index (Phi) is 4.53. The van der Waals surface area contributed by atoms with Gasteiger partial charge in [-0.2, -0.15) is 4.98 Å². The number of anilines is 1. The number of carbonyl (C=O) groups excluding carboxylic acids is 1. The molecule has 1 fully saturated rings. The van der Waals surface area contributed by atoms with Gasteiger partial charge in [-0.15, -0.1) is 0 Å². The van der Waals surface area contributed by atoms with Crippen LogP contribution >= 0.6 is 11.6 Å². The highest BCUT2D eigenvalue weighted by atomic mass is 35.5. The molecule has 138 valence electrons. The Hall–Kier alpha value is -2.93. The van der Waals surface area contributed by atoms with Gasteiger partial charge in [-0.3, -0.25) is 4.79 Å². The molecule has 1 aromatic heterocycles. The fourth-order valence-corrected chi connectivity index (χ4v) is 3.30. The van der Waals surface area contributed by atoms with Crippen molar-refractivity contribution in [1.82, 2.24) is 10.1 Å². The van der Waals surface area contributed by atoms with Crippen molar-refractivity contribution in [3.8, 4) is 17.1 Å². The summed E-state index contributed by atoms with van der Waals surface area (Å²) in [5.74, 6) is 0.170. The van der Waals surface area contributed by atoms with Crippen molar-refractivity contribution in [3.05, 3.63) is 59.2 Å². The largest absolute Gasteiger partial charge is 0.495 e.